The summed E-state index contributed by atoms with van der Waals surface area (Å²) >= 11 is 5.04. The van der Waals surface area contributed by atoms with Crippen LogP contribution >= 0.6 is 27.7 Å². The number of halogens is 2. The second-order valence-electron chi connectivity index (χ2n) is 4.04. The standard InChI is InChI=1S/C14H13BrFNS/c1-9(17)10-5-6-14(13(15)7-10)18-12-4-2-3-11(16)8-12/h2-9H,17H2,1H3/t9-/m1/s1. The normalized spacial score (nSPS) is 12.4. The molecule has 4 heteroatoms. The molecule has 0 unspecified atom stereocenters. The first-order valence-corrected chi connectivity index (χ1v) is 7.15. The third-order valence-electron chi connectivity index (χ3n) is 2.51. The van der Waals surface area contributed by atoms with Crippen LogP contribution in [0.15, 0.2) is 56.7 Å². The van der Waals surface area contributed by atoms with E-state index in [9.17, 15) is 4.39 Å². The van der Waals surface area contributed by atoms with Crippen molar-refractivity contribution in [3.63, 3.8) is 0 Å². The van der Waals surface area contributed by atoms with Crippen molar-refractivity contribution in [2.45, 2.75) is 22.8 Å². The molecule has 2 aromatic rings. The highest BCUT2D eigenvalue weighted by molar-refractivity contribution is 9.10. The van der Waals surface area contributed by atoms with Gasteiger partial charge >= 0.3 is 0 Å². The van der Waals surface area contributed by atoms with Gasteiger partial charge in [-0.15, -0.1) is 0 Å². The average Bonchev–Trinajstić information content (AvgIpc) is 2.31. The van der Waals surface area contributed by atoms with E-state index in [1.54, 1.807) is 6.07 Å². The third kappa shape index (κ3) is 3.34. The first kappa shape index (κ1) is 13.6. The van der Waals surface area contributed by atoms with Crippen molar-refractivity contribution in [3.8, 4) is 0 Å². The lowest BCUT2D eigenvalue weighted by molar-refractivity contribution is 0.624. The summed E-state index contributed by atoms with van der Waals surface area (Å²) in [4.78, 5) is 1.93. The predicted molar refractivity (Wildman–Crippen MR) is 77.3 cm³/mol. The Morgan fingerprint density at radius 2 is 2.00 bits per heavy atom. The van der Waals surface area contributed by atoms with Crippen LogP contribution < -0.4 is 5.73 Å². The molecule has 0 radical (unpaired) electrons. The minimum absolute atomic E-state index is 0.00881. The Balaban J connectivity index is 2.24. The Morgan fingerprint density at radius 1 is 1.22 bits per heavy atom. The zero-order valence-corrected chi connectivity index (χ0v) is 12.3. The number of nitrogens with two attached hydrogens (primary N) is 1. The van der Waals surface area contributed by atoms with E-state index >= 15 is 0 Å². The van der Waals surface area contributed by atoms with Crippen molar-refractivity contribution < 1.29 is 4.39 Å². The fourth-order valence-corrected chi connectivity index (χ4v) is 3.04. The molecule has 0 heterocycles. The van der Waals surface area contributed by atoms with Crippen LogP contribution in [-0.4, -0.2) is 0 Å². The number of rotatable bonds is 3. The summed E-state index contributed by atoms with van der Waals surface area (Å²) in [5.74, 6) is -0.219. The lowest BCUT2D eigenvalue weighted by Crippen LogP contribution is -2.04. The molecule has 0 amide bonds. The Bertz CT molecular complexity index is 557. The van der Waals surface area contributed by atoms with Crippen LogP contribution in [0, 0.1) is 5.82 Å². The summed E-state index contributed by atoms with van der Waals surface area (Å²) in [5.41, 5.74) is 6.90. The van der Waals surface area contributed by atoms with Crippen molar-refractivity contribution in [2.24, 2.45) is 5.73 Å². The zero-order chi connectivity index (χ0) is 13.1. The van der Waals surface area contributed by atoms with Gasteiger partial charge in [-0.1, -0.05) is 23.9 Å². The fourth-order valence-electron chi connectivity index (χ4n) is 1.54. The van der Waals surface area contributed by atoms with Gasteiger partial charge in [0.25, 0.3) is 0 Å². The zero-order valence-electron chi connectivity index (χ0n) is 9.86. The Kier molecular flexibility index (Phi) is 4.43. The van der Waals surface area contributed by atoms with Gasteiger partial charge in [-0.3, -0.25) is 0 Å². The van der Waals surface area contributed by atoms with Gasteiger partial charge in [0.15, 0.2) is 0 Å². The highest BCUT2D eigenvalue weighted by Crippen LogP contribution is 2.34. The van der Waals surface area contributed by atoms with Crippen LogP contribution in [-0.2, 0) is 0 Å². The molecule has 2 rings (SSSR count). The van der Waals surface area contributed by atoms with Crippen LogP contribution in [0.1, 0.15) is 18.5 Å². The van der Waals surface area contributed by atoms with E-state index in [0.29, 0.717) is 0 Å². The molecule has 0 aliphatic heterocycles. The SMILES string of the molecule is C[C@@H](N)c1ccc(Sc2cccc(F)c2)c(Br)c1. The molecule has 0 aliphatic rings. The first-order chi connectivity index (χ1) is 8.56. The second-order valence-corrected chi connectivity index (χ2v) is 6.01. The summed E-state index contributed by atoms with van der Waals surface area (Å²) in [6, 6.07) is 12.6. The summed E-state index contributed by atoms with van der Waals surface area (Å²) < 4.78 is 14.1. The topological polar surface area (TPSA) is 26.0 Å². The smallest absolute Gasteiger partial charge is 0.124 e. The maximum atomic E-state index is 13.1. The number of benzene rings is 2. The van der Waals surface area contributed by atoms with Crippen molar-refractivity contribution >= 4 is 27.7 Å². The van der Waals surface area contributed by atoms with Crippen LogP contribution in [0.4, 0.5) is 4.39 Å². The maximum absolute atomic E-state index is 13.1. The fraction of sp³-hybridized carbons (Fsp3) is 0.143. The van der Waals surface area contributed by atoms with E-state index < -0.39 is 0 Å². The molecule has 0 aliphatic carbocycles. The quantitative estimate of drug-likeness (QED) is 0.880. The van der Waals surface area contributed by atoms with Crippen LogP contribution in [0.25, 0.3) is 0 Å². The molecule has 0 bridgehead atoms. The lowest BCUT2D eigenvalue weighted by atomic mass is 10.1. The largest absolute Gasteiger partial charge is 0.324 e. The molecule has 0 spiro atoms. The molecule has 0 aromatic heterocycles. The van der Waals surface area contributed by atoms with Crippen LogP contribution in [0.3, 0.4) is 0 Å². The van der Waals surface area contributed by atoms with Gasteiger partial charge in [0, 0.05) is 20.3 Å². The van der Waals surface area contributed by atoms with E-state index in [1.807, 2.05) is 31.2 Å². The van der Waals surface area contributed by atoms with Crippen molar-refractivity contribution in [1.29, 1.82) is 0 Å². The highest BCUT2D eigenvalue weighted by atomic mass is 79.9. The summed E-state index contributed by atoms with van der Waals surface area (Å²) in [6.07, 6.45) is 0. The molecule has 18 heavy (non-hydrogen) atoms. The van der Waals surface area contributed by atoms with Gasteiger partial charge in [-0.05, 0) is 58.7 Å². The van der Waals surface area contributed by atoms with E-state index in [2.05, 4.69) is 15.9 Å². The predicted octanol–water partition coefficient (Wildman–Crippen LogP) is 4.76. The molecule has 94 valence electrons. The van der Waals surface area contributed by atoms with Crippen LogP contribution in [0.2, 0.25) is 0 Å². The van der Waals surface area contributed by atoms with E-state index in [4.69, 9.17) is 5.73 Å². The van der Waals surface area contributed by atoms with Gasteiger partial charge < -0.3 is 5.73 Å². The first-order valence-electron chi connectivity index (χ1n) is 5.54. The Hall–Kier alpha value is -0.840. The van der Waals surface area contributed by atoms with E-state index in [-0.39, 0.29) is 11.9 Å². The van der Waals surface area contributed by atoms with E-state index in [0.717, 1.165) is 19.8 Å². The van der Waals surface area contributed by atoms with E-state index in [1.165, 1.54) is 23.9 Å². The highest BCUT2D eigenvalue weighted by Gasteiger charge is 2.06. The number of hydrogen-bond acceptors (Lipinski definition) is 2. The minimum atomic E-state index is -0.219. The van der Waals surface area contributed by atoms with Crippen molar-refractivity contribution in [1.82, 2.24) is 0 Å². The monoisotopic (exact) mass is 325 g/mol. The average molecular weight is 326 g/mol. The molecule has 2 aromatic carbocycles. The molecule has 0 saturated carbocycles. The van der Waals surface area contributed by atoms with Crippen molar-refractivity contribution in [2.75, 3.05) is 0 Å². The van der Waals surface area contributed by atoms with Gasteiger partial charge in [0.2, 0.25) is 0 Å². The molecule has 0 saturated heterocycles. The molecule has 0 fully saturated rings. The van der Waals surface area contributed by atoms with Gasteiger partial charge in [-0.25, -0.2) is 4.39 Å². The van der Waals surface area contributed by atoms with Crippen molar-refractivity contribution in [3.05, 3.63) is 58.3 Å². The summed E-state index contributed by atoms with van der Waals surface area (Å²) in [5, 5.41) is 0. The maximum Gasteiger partial charge on any atom is 0.124 e. The molecule has 1 nitrogen and oxygen atoms in total. The molecular weight excluding hydrogens is 313 g/mol. The van der Waals surface area contributed by atoms with Gasteiger partial charge in [-0.2, -0.15) is 0 Å². The minimum Gasteiger partial charge on any atom is -0.324 e. The third-order valence-corrected chi connectivity index (χ3v) is 4.49. The van der Waals surface area contributed by atoms with Gasteiger partial charge in [0.05, 0.1) is 0 Å². The molecule has 2 N–H and O–H groups in total. The molecule has 1 atom stereocenters. The van der Waals surface area contributed by atoms with Crippen LogP contribution in [0.5, 0.6) is 0 Å². The summed E-state index contributed by atoms with van der Waals surface area (Å²) in [7, 11) is 0. The number of hydrogen-bond donors (Lipinski definition) is 1. The van der Waals surface area contributed by atoms with Gasteiger partial charge in [0.1, 0.15) is 5.82 Å². The second kappa shape index (κ2) is 5.87. The lowest BCUT2D eigenvalue weighted by Gasteiger charge is -2.09. The Morgan fingerprint density at radius 3 is 2.61 bits per heavy atom. The Labute approximate surface area is 119 Å². The molecular formula is C14H13BrFNS. The summed E-state index contributed by atoms with van der Waals surface area (Å²) in [6.45, 7) is 1.95.